The van der Waals surface area contributed by atoms with Crippen LogP contribution in [0.25, 0.3) is 0 Å². The monoisotopic (exact) mass is 170 g/mol. The van der Waals surface area contributed by atoms with E-state index in [1.165, 1.54) is 19.4 Å². The van der Waals surface area contributed by atoms with Crippen LogP contribution in [0.2, 0.25) is 0 Å². The molecule has 2 heteroatoms. The second-order valence-corrected chi connectivity index (χ2v) is 4.78. The zero-order chi connectivity index (χ0) is 9.19. The molecule has 0 aromatic rings. The first-order valence-corrected chi connectivity index (χ1v) is 4.95. The average Bonchev–Trinajstić information content (AvgIpc) is 2.03. The summed E-state index contributed by atoms with van der Waals surface area (Å²) in [4.78, 5) is 2.49. The van der Waals surface area contributed by atoms with E-state index in [-0.39, 0.29) is 0 Å². The van der Waals surface area contributed by atoms with Gasteiger partial charge in [-0.2, -0.15) is 0 Å². The first-order chi connectivity index (χ1) is 5.52. The molecule has 0 spiro atoms. The van der Waals surface area contributed by atoms with E-state index in [1.54, 1.807) is 0 Å². The van der Waals surface area contributed by atoms with Crippen LogP contribution < -0.4 is 5.32 Å². The lowest BCUT2D eigenvalue weighted by Gasteiger charge is -2.40. The Morgan fingerprint density at radius 1 is 1.33 bits per heavy atom. The fourth-order valence-electron chi connectivity index (χ4n) is 1.71. The van der Waals surface area contributed by atoms with E-state index in [9.17, 15) is 0 Å². The molecule has 1 saturated heterocycles. The van der Waals surface area contributed by atoms with Crippen molar-refractivity contribution in [2.75, 3.05) is 20.1 Å². The summed E-state index contributed by atoms with van der Waals surface area (Å²) in [6.07, 6.45) is 2.67. The molecule has 0 aliphatic carbocycles. The van der Waals surface area contributed by atoms with Crippen LogP contribution in [-0.4, -0.2) is 36.6 Å². The Kier molecular flexibility index (Phi) is 3.13. The van der Waals surface area contributed by atoms with Gasteiger partial charge in [0.25, 0.3) is 0 Å². The van der Waals surface area contributed by atoms with Crippen LogP contribution in [-0.2, 0) is 0 Å². The predicted octanol–water partition coefficient (Wildman–Crippen LogP) is 1.47. The third kappa shape index (κ3) is 2.46. The lowest BCUT2D eigenvalue weighted by Crippen LogP contribution is -2.51. The van der Waals surface area contributed by atoms with Gasteiger partial charge in [0.05, 0.1) is 0 Å². The smallest absolute Gasteiger partial charge is 0.0223 e. The quantitative estimate of drug-likeness (QED) is 0.641. The van der Waals surface area contributed by atoms with Gasteiger partial charge in [0, 0.05) is 18.1 Å². The molecule has 2 nitrogen and oxygen atoms in total. The fourth-order valence-corrected chi connectivity index (χ4v) is 1.71. The summed E-state index contributed by atoms with van der Waals surface area (Å²) in [5.74, 6) is 0. The number of rotatable bonds is 1. The van der Waals surface area contributed by atoms with Gasteiger partial charge in [-0.05, 0) is 47.2 Å². The molecule has 0 aromatic heterocycles. The molecule has 1 aliphatic heterocycles. The van der Waals surface area contributed by atoms with Crippen molar-refractivity contribution in [3.8, 4) is 0 Å². The number of hydrogen-bond donors (Lipinski definition) is 1. The molecule has 0 radical (unpaired) electrons. The summed E-state index contributed by atoms with van der Waals surface area (Å²) >= 11 is 0. The van der Waals surface area contributed by atoms with Crippen molar-refractivity contribution in [2.24, 2.45) is 0 Å². The maximum Gasteiger partial charge on any atom is 0.0223 e. The van der Waals surface area contributed by atoms with E-state index in [1.807, 2.05) is 0 Å². The van der Waals surface area contributed by atoms with Gasteiger partial charge in [0.15, 0.2) is 0 Å². The van der Waals surface area contributed by atoms with Crippen LogP contribution in [0.15, 0.2) is 0 Å². The highest BCUT2D eigenvalue weighted by Gasteiger charge is 2.25. The molecule has 0 bridgehead atoms. The van der Waals surface area contributed by atoms with E-state index in [4.69, 9.17) is 0 Å². The van der Waals surface area contributed by atoms with Crippen LogP contribution >= 0.6 is 0 Å². The molecule has 1 unspecified atom stereocenters. The van der Waals surface area contributed by atoms with E-state index >= 15 is 0 Å². The van der Waals surface area contributed by atoms with Gasteiger partial charge in [-0.25, -0.2) is 0 Å². The summed E-state index contributed by atoms with van der Waals surface area (Å²) in [6, 6.07) is 0.735. The van der Waals surface area contributed by atoms with Crippen molar-refractivity contribution in [3.05, 3.63) is 0 Å². The molecule has 0 aromatic carbocycles. The van der Waals surface area contributed by atoms with Crippen molar-refractivity contribution in [1.82, 2.24) is 10.2 Å². The number of nitrogens with one attached hydrogen (secondary N) is 1. The van der Waals surface area contributed by atoms with Gasteiger partial charge in [0.2, 0.25) is 0 Å². The fraction of sp³-hybridized carbons (Fsp3) is 1.00. The molecule has 1 heterocycles. The maximum absolute atomic E-state index is 3.45. The Bertz CT molecular complexity index is 131. The van der Waals surface area contributed by atoms with Gasteiger partial charge in [-0.3, -0.25) is 4.90 Å². The highest BCUT2D eigenvalue weighted by Crippen LogP contribution is 2.18. The molecule has 0 amide bonds. The summed E-state index contributed by atoms with van der Waals surface area (Å²) in [5.41, 5.74) is 0.309. The summed E-state index contributed by atoms with van der Waals surface area (Å²) in [7, 11) is 2.23. The van der Waals surface area contributed by atoms with Crippen LogP contribution in [0.1, 0.15) is 33.6 Å². The van der Waals surface area contributed by atoms with Gasteiger partial charge in [-0.15, -0.1) is 0 Å². The second kappa shape index (κ2) is 3.75. The van der Waals surface area contributed by atoms with E-state index in [0.717, 1.165) is 12.6 Å². The minimum Gasteiger partial charge on any atom is -0.315 e. The summed E-state index contributed by atoms with van der Waals surface area (Å²) < 4.78 is 0. The Balaban J connectivity index is 2.45. The Morgan fingerprint density at radius 2 is 2.00 bits per heavy atom. The SMILES string of the molecule is CN(C1CCCNC1)C(C)(C)C. The standard InChI is InChI=1S/C10H22N2/c1-10(2,3)12(4)9-6-5-7-11-8-9/h9,11H,5-8H2,1-4H3. The molecule has 1 fully saturated rings. The molecular weight excluding hydrogens is 148 g/mol. The Labute approximate surface area is 76.3 Å². The number of likely N-dealkylation sites (N-methyl/N-ethyl adjacent to an activating group) is 1. The van der Waals surface area contributed by atoms with E-state index in [0.29, 0.717) is 5.54 Å². The van der Waals surface area contributed by atoms with Gasteiger partial charge < -0.3 is 5.32 Å². The Hall–Kier alpha value is -0.0800. The molecule has 1 N–H and O–H groups in total. The average molecular weight is 170 g/mol. The first kappa shape index (κ1) is 10.0. The Morgan fingerprint density at radius 3 is 2.42 bits per heavy atom. The van der Waals surface area contributed by atoms with Crippen LogP contribution in [0.4, 0.5) is 0 Å². The molecule has 12 heavy (non-hydrogen) atoms. The topological polar surface area (TPSA) is 15.3 Å². The van der Waals surface area contributed by atoms with E-state index in [2.05, 4.69) is 38.0 Å². The van der Waals surface area contributed by atoms with E-state index < -0.39 is 0 Å². The number of hydrogen-bond acceptors (Lipinski definition) is 2. The van der Waals surface area contributed by atoms with Gasteiger partial charge >= 0.3 is 0 Å². The zero-order valence-corrected chi connectivity index (χ0v) is 8.85. The van der Waals surface area contributed by atoms with Crippen LogP contribution in [0.3, 0.4) is 0 Å². The third-order valence-electron chi connectivity index (χ3n) is 2.88. The lowest BCUT2D eigenvalue weighted by atomic mass is 9.99. The minimum atomic E-state index is 0.309. The molecule has 1 aliphatic rings. The van der Waals surface area contributed by atoms with Crippen molar-refractivity contribution < 1.29 is 0 Å². The van der Waals surface area contributed by atoms with Crippen molar-refractivity contribution in [1.29, 1.82) is 0 Å². The van der Waals surface area contributed by atoms with Crippen LogP contribution in [0, 0.1) is 0 Å². The molecule has 72 valence electrons. The first-order valence-electron chi connectivity index (χ1n) is 4.95. The number of piperidine rings is 1. The number of nitrogens with zero attached hydrogens (tertiary/aromatic N) is 1. The van der Waals surface area contributed by atoms with Crippen LogP contribution in [0.5, 0.6) is 0 Å². The van der Waals surface area contributed by atoms with Crippen molar-refractivity contribution in [3.63, 3.8) is 0 Å². The molecule has 0 saturated carbocycles. The summed E-state index contributed by atoms with van der Waals surface area (Å²) in [5, 5.41) is 3.45. The largest absolute Gasteiger partial charge is 0.315 e. The molecule has 1 atom stereocenters. The highest BCUT2D eigenvalue weighted by atomic mass is 15.2. The van der Waals surface area contributed by atoms with Gasteiger partial charge in [-0.1, -0.05) is 0 Å². The summed E-state index contributed by atoms with van der Waals surface area (Å²) in [6.45, 7) is 9.20. The maximum atomic E-state index is 3.45. The second-order valence-electron chi connectivity index (χ2n) is 4.78. The van der Waals surface area contributed by atoms with Gasteiger partial charge in [0.1, 0.15) is 0 Å². The third-order valence-corrected chi connectivity index (χ3v) is 2.88. The predicted molar refractivity (Wildman–Crippen MR) is 53.4 cm³/mol. The van der Waals surface area contributed by atoms with Crippen molar-refractivity contribution in [2.45, 2.75) is 45.2 Å². The molecule has 1 rings (SSSR count). The normalized spacial score (nSPS) is 26.2. The highest BCUT2D eigenvalue weighted by molar-refractivity contribution is 4.83. The minimum absolute atomic E-state index is 0.309. The zero-order valence-electron chi connectivity index (χ0n) is 8.85. The lowest BCUT2D eigenvalue weighted by molar-refractivity contribution is 0.0987. The van der Waals surface area contributed by atoms with Crippen molar-refractivity contribution >= 4 is 0 Å². The molecular formula is C10H22N2.